The Morgan fingerprint density at radius 2 is 1.53 bits per heavy atom. The average Bonchev–Trinajstić information content (AvgIpc) is 2.75. The lowest BCUT2D eigenvalue weighted by Gasteiger charge is -2.23. The second-order valence-electron chi connectivity index (χ2n) is 6.64. The SMILES string of the molecule is CCOc1ccc(C(=O)NN(Cc2ccccc2)Cc2ccccc2)cc1[N+](=O)[O-]. The summed E-state index contributed by atoms with van der Waals surface area (Å²) in [6.07, 6.45) is 0. The number of carbonyl (C=O) groups excluding carboxylic acids is 1. The molecule has 30 heavy (non-hydrogen) atoms. The predicted octanol–water partition coefficient (Wildman–Crippen LogP) is 4.34. The van der Waals surface area contributed by atoms with Crippen molar-refractivity contribution >= 4 is 11.6 Å². The van der Waals surface area contributed by atoms with Crippen LogP contribution in [0.1, 0.15) is 28.4 Å². The zero-order valence-corrected chi connectivity index (χ0v) is 16.7. The van der Waals surface area contributed by atoms with Gasteiger partial charge in [-0.3, -0.25) is 20.3 Å². The molecule has 0 saturated carbocycles. The molecule has 0 saturated heterocycles. The van der Waals surface area contributed by atoms with Crippen LogP contribution in [0.2, 0.25) is 0 Å². The first kappa shape index (κ1) is 21.0. The van der Waals surface area contributed by atoms with Crippen molar-refractivity contribution in [2.75, 3.05) is 6.61 Å². The maximum absolute atomic E-state index is 12.9. The maximum atomic E-state index is 12.9. The topological polar surface area (TPSA) is 84.7 Å². The van der Waals surface area contributed by atoms with Crippen molar-refractivity contribution in [2.45, 2.75) is 20.0 Å². The predicted molar refractivity (Wildman–Crippen MR) is 114 cm³/mol. The molecule has 0 heterocycles. The van der Waals surface area contributed by atoms with Crippen LogP contribution in [-0.4, -0.2) is 22.4 Å². The third-order valence-electron chi connectivity index (χ3n) is 4.41. The second-order valence-corrected chi connectivity index (χ2v) is 6.64. The number of hydrogen-bond donors (Lipinski definition) is 1. The van der Waals surface area contributed by atoms with Gasteiger partial charge in [0.15, 0.2) is 5.75 Å². The highest BCUT2D eigenvalue weighted by Crippen LogP contribution is 2.28. The Bertz CT molecular complexity index is 952. The number of hydrogen-bond acceptors (Lipinski definition) is 5. The highest BCUT2D eigenvalue weighted by atomic mass is 16.6. The maximum Gasteiger partial charge on any atom is 0.311 e. The van der Waals surface area contributed by atoms with Crippen LogP contribution >= 0.6 is 0 Å². The number of carbonyl (C=O) groups is 1. The van der Waals surface area contributed by atoms with Crippen molar-refractivity contribution in [1.29, 1.82) is 0 Å². The van der Waals surface area contributed by atoms with Crippen LogP contribution in [0.5, 0.6) is 5.75 Å². The lowest BCUT2D eigenvalue weighted by Crippen LogP contribution is -2.41. The largest absolute Gasteiger partial charge is 0.487 e. The lowest BCUT2D eigenvalue weighted by atomic mass is 10.1. The number of nitro benzene ring substituents is 1. The van der Waals surface area contributed by atoms with Gasteiger partial charge in [0.25, 0.3) is 5.91 Å². The van der Waals surface area contributed by atoms with Gasteiger partial charge in [0.2, 0.25) is 0 Å². The first-order valence-corrected chi connectivity index (χ1v) is 9.62. The van der Waals surface area contributed by atoms with Gasteiger partial charge in [0.1, 0.15) is 0 Å². The van der Waals surface area contributed by atoms with E-state index in [9.17, 15) is 14.9 Å². The Hall–Kier alpha value is -3.71. The molecule has 1 amide bonds. The third kappa shape index (κ3) is 5.65. The van der Waals surface area contributed by atoms with Gasteiger partial charge in [-0.25, -0.2) is 5.01 Å². The van der Waals surface area contributed by atoms with Gasteiger partial charge in [-0.1, -0.05) is 60.7 Å². The van der Waals surface area contributed by atoms with E-state index in [1.165, 1.54) is 18.2 Å². The molecular weight excluding hydrogens is 382 g/mol. The molecule has 3 aromatic rings. The molecule has 0 unspecified atom stereocenters. The summed E-state index contributed by atoms with van der Waals surface area (Å²) in [7, 11) is 0. The highest BCUT2D eigenvalue weighted by molar-refractivity contribution is 5.94. The standard InChI is InChI=1S/C23H23N3O4/c1-2-30-22-14-13-20(15-21(22)26(28)29)23(27)24-25(16-18-9-5-3-6-10-18)17-19-11-7-4-8-12-19/h3-15H,2,16-17H2,1H3,(H,24,27). The molecule has 0 fully saturated rings. The molecule has 0 aliphatic rings. The number of nitrogens with one attached hydrogen (secondary N) is 1. The summed E-state index contributed by atoms with van der Waals surface area (Å²) in [6, 6.07) is 23.7. The number of benzene rings is 3. The van der Waals surface area contributed by atoms with Crippen LogP contribution in [0.3, 0.4) is 0 Å². The van der Waals surface area contributed by atoms with Gasteiger partial charge >= 0.3 is 5.69 Å². The molecule has 0 atom stereocenters. The van der Waals surface area contributed by atoms with Crippen molar-refractivity contribution in [2.24, 2.45) is 0 Å². The van der Waals surface area contributed by atoms with E-state index in [2.05, 4.69) is 5.43 Å². The quantitative estimate of drug-likeness (QED) is 0.423. The average molecular weight is 405 g/mol. The molecule has 0 bridgehead atoms. The zero-order chi connectivity index (χ0) is 21.3. The highest BCUT2D eigenvalue weighted by Gasteiger charge is 2.20. The zero-order valence-electron chi connectivity index (χ0n) is 16.7. The summed E-state index contributed by atoms with van der Waals surface area (Å²) in [5.41, 5.74) is 4.90. The molecule has 0 aromatic heterocycles. The molecular formula is C23H23N3O4. The van der Waals surface area contributed by atoms with E-state index in [4.69, 9.17) is 4.74 Å². The fraction of sp³-hybridized carbons (Fsp3) is 0.174. The molecule has 0 radical (unpaired) electrons. The second kappa shape index (κ2) is 10.2. The van der Waals surface area contributed by atoms with Crippen LogP contribution in [0, 0.1) is 10.1 Å². The molecule has 0 spiro atoms. The van der Waals surface area contributed by atoms with Crippen LogP contribution in [0.15, 0.2) is 78.9 Å². The van der Waals surface area contributed by atoms with Gasteiger partial charge in [-0.15, -0.1) is 0 Å². The van der Waals surface area contributed by atoms with Crippen LogP contribution < -0.4 is 10.2 Å². The summed E-state index contributed by atoms with van der Waals surface area (Å²) in [6.45, 7) is 3.02. The Kier molecular flexibility index (Phi) is 7.13. The van der Waals surface area contributed by atoms with Gasteiger partial charge in [0, 0.05) is 24.7 Å². The van der Waals surface area contributed by atoms with Gasteiger partial charge in [-0.05, 0) is 30.2 Å². The van der Waals surface area contributed by atoms with Gasteiger partial charge < -0.3 is 4.74 Å². The monoisotopic (exact) mass is 405 g/mol. The van der Waals surface area contributed by atoms with Crippen molar-refractivity contribution in [3.63, 3.8) is 0 Å². The van der Waals surface area contributed by atoms with E-state index in [1.807, 2.05) is 60.7 Å². The molecule has 7 nitrogen and oxygen atoms in total. The van der Waals surface area contributed by atoms with E-state index in [-0.39, 0.29) is 17.0 Å². The minimum absolute atomic E-state index is 0.143. The first-order chi connectivity index (χ1) is 14.6. The normalized spacial score (nSPS) is 10.6. The first-order valence-electron chi connectivity index (χ1n) is 9.62. The van der Waals surface area contributed by atoms with Crippen molar-refractivity contribution < 1.29 is 14.5 Å². The van der Waals surface area contributed by atoms with E-state index < -0.39 is 10.8 Å². The Morgan fingerprint density at radius 1 is 0.967 bits per heavy atom. The molecule has 1 N–H and O–H groups in total. The number of ether oxygens (including phenoxy) is 1. The minimum Gasteiger partial charge on any atom is -0.487 e. The summed E-state index contributed by atoms with van der Waals surface area (Å²) in [5.74, 6) is -0.280. The number of hydrazine groups is 1. The number of nitrogens with zero attached hydrogens (tertiary/aromatic N) is 2. The number of nitro groups is 1. The summed E-state index contributed by atoms with van der Waals surface area (Å²) in [5, 5.41) is 13.1. The van der Waals surface area contributed by atoms with Crippen molar-refractivity contribution in [1.82, 2.24) is 10.4 Å². The molecule has 0 aliphatic heterocycles. The van der Waals surface area contributed by atoms with Crippen molar-refractivity contribution in [3.8, 4) is 5.75 Å². The Labute approximate surface area is 175 Å². The molecule has 0 aliphatic carbocycles. The van der Waals surface area contributed by atoms with Crippen molar-refractivity contribution in [3.05, 3.63) is 106 Å². The number of amides is 1. The Morgan fingerprint density at radius 3 is 2.03 bits per heavy atom. The molecule has 154 valence electrons. The summed E-state index contributed by atoms with van der Waals surface area (Å²) < 4.78 is 5.29. The molecule has 7 heteroatoms. The minimum atomic E-state index is -0.548. The van der Waals surface area contributed by atoms with E-state index in [0.29, 0.717) is 19.7 Å². The van der Waals surface area contributed by atoms with Gasteiger partial charge in [-0.2, -0.15) is 0 Å². The third-order valence-corrected chi connectivity index (χ3v) is 4.41. The van der Waals surface area contributed by atoms with Crippen LogP contribution in [0.4, 0.5) is 5.69 Å². The fourth-order valence-electron chi connectivity index (χ4n) is 3.03. The Balaban J connectivity index is 1.81. The van der Waals surface area contributed by atoms with E-state index >= 15 is 0 Å². The smallest absolute Gasteiger partial charge is 0.311 e. The molecule has 3 aromatic carbocycles. The van der Waals surface area contributed by atoms with Crippen LogP contribution in [-0.2, 0) is 13.1 Å². The van der Waals surface area contributed by atoms with E-state index in [1.54, 1.807) is 11.9 Å². The molecule has 3 rings (SSSR count). The lowest BCUT2D eigenvalue weighted by molar-refractivity contribution is -0.385. The number of rotatable bonds is 9. The summed E-state index contributed by atoms with van der Waals surface area (Å²) in [4.78, 5) is 23.7. The van der Waals surface area contributed by atoms with Gasteiger partial charge in [0.05, 0.1) is 11.5 Å². The van der Waals surface area contributed by atoms with E-state index in [0.717, 1.165) is 11.1 Å². The van der Waals surface area contributed by atoms with Crippen LogP contribution in [0.25, 0.3) is 0 Å². The fourth-order valence-corrected chi connectivity index (χ4v) is 3.03. The summed E-state index contributed by atoms with van der Waals surface area (Å²) >= 11 is 0.